The van der Waals surface area contributed by atoms with Gasteiger partial charge in [0.05, 0.1) is 23.2 Å². The monoisotopic (exact) mass is 961 g/mol. The van der Waals surface area contributed by atoms with Gasteiger partial charge in [0, 0.05) is 79.1 Å². The number of anilines is 1. The smallest absolute Gasteiger partial charge is 0.409 e. The highest BCUT2D eigenvalue weighted by Crippen LogP contribution is 2.36. The van der Waals surface area contributed by atoms with Crippen molar-refractivity contribution in [3.8, 4) is 5.75 Å². The molecule has 25 heteroatoms. The third-order valence-electron chi connectivity index (χ3n) is 11.4. The van der Waals surface area contributed by atoms with Gasteiger partial charge in [-0.2, -0.15) is 0 Å². The van der Waals surface area contributed by atoms with Crippen LogP contribution >= 0.6 is 0 Å². The van der Waals surface area contributed by atoms with Crippen LogP contribution in [-0.2, 0) is 64.0 Å². The molecule has 0 spiro atoms. The molecule has 0 N–H and O–H groups in total. The van der Waals surface area contributed by atoms with E-state index < -0.39 is 99.5 Å². The summed E-state index contributed by atoms with van der Waals surface area (Å²) in [7, 11) is 2.86. The van der Waals surface area contributed by atoms with Gasteiger partial charge in [-0.15, -0.1) is 0 Å². The normalized spacial score (nSPS) is 21.6. The predicted molar refractivity (Wildman–Crippen MR) is 233 cm³/mol. The molecule has 2 aliphatic rings. The molecule has 67 heavy (non-hydrogen) atoms. The van der Waals surface area contributed by atoms with Crippen LogP contribution in [0.15, 0.2) is 36.8 Å². The maximum absolute atomic E-state index is 13.6. The molecule has 3 heterocycles. The third kappa shape index (κ3) is 12.8. The number of methoxy groups -OCH3 is 1. The third-order valence-corrected chi connectivity index (χ3v) is 13.2. The number of likely N-dealkylation sites (N-methyl/N-ethyl adjacent to an activating group) is 2. The highest BCUT2D eigenvalue weighted by Gasteiger charge is 2.56. The molecule has 1 aromatic carbocycles. The fourth-order valence-electron chi connectivity index (χ4n) is 7.84. The van der Waals surface area contributed by atoms with E-state index in [0.717, 1.165) is 65.7 Å². The van der Waals surface area contributed by atoms with Gasteiger partial charge in [-0.3, -0.25) is 29.1 Å². The standard InChI is InChI=1S/C42H55N7O17S/c1-9-67(58,59)22-27-10-13-29(14-11-27)47(7)37-30-16-17-48(38(30)44-23-43-37)41(54)45(5)18-19-46(6)42(55)61-21-28-12-15-32(31(20-28)49(56)57)65-40-36(64-26(4)52)34(63-25(3)51)33(62-24(2)50)35(66-40)39(53)60-8/h12,15-17,20,23,27,29,33-36,40H,9-11,13-14,18-19,21-22H2,1-8H3/t27?,29?,33-,34-,35-,36+,40+/m0/s1. The molecule has 0 radical (unpaired) electrons. The Labute approximate surface area is 385 Å². The van der Waals surface area contributed by atoms with Crippen molar-refractivity contribution in [2.24, 2.45) is 5.92 Å². The van der Waals surface area contributed by atoms with Crippen molar-refractivity contribution in [3.05, 3.63) is 52.5 Å². The second-order valence-electron chi connectivity index (χ2n) is 16.1. The minimum absolute atomic E-state index is 0.0303. The van der Waals surface area contributed by atoms with Crippen LogP contribution in [-0.4, -0.2) is 163 Å². The lowest BCUT2D eigenvalue weighted by molar-refractivity contribution is -0.387. The van der Waals surface area contributed by atoms with E-state index >= 15 is 0 Å². The fourth-order valence-corrected chi connectivity index (χ4v) is 9.13. The van der Waals surface area contributed by atoms with Crippen molar-refractivity contribution in [1.82, 2.24) is 24.3 Å². The summed E-state index contributed by atoms with van der Waals surface area (Å²) in [4.78, 5) is 101. The number of hydrogen-bond acceptors (Lipinski definition) is 20. The van der Waals surface area contributed by atoms with Gasteiger partial charge in [0.15, 0.2) is 29.7 Å². The Balaban J connectivity index is 1.20. The van der Waals surface area contributed by atoms with E-state index in [4.69, 9.17) is 33.2 Å². The second kappa shape index (κ2) is 22.2. The summed E-state index contributed by atoms with van der Waals surface area (Å²) in [6.07, 6.45) is -3.46. The zero-order valence-electron chi connectivity index (χ0n) is 38.3. The molecule has 366 valence electrons. The van der Waals surface area contributed by atoms with E-state index in [0.29, 0.717) is 16.9 Å². The van der Waals surface area contributed by atoms with Crippen LogP contribution in [0, 0.1) is 16.0 Å². The number of carbonyl (C=O) groups is 6. The first kappa shape index (κ1) is 51.4. The predicted octanol–water partition coefficient (Wildman–Crippen LogP) is 3.01. The minimum atomic E-state index is -3.06. The number of esters is 4. The summed E-state index contributed by atoms with van der Waals surface area (Å²) in [5.74, 6) is -3.27. The van der Waals surface area contributed by atoms with Crippen LogP contribution < -0.4 is 9.64 Å². The van der Waals surface area contributed by atoms with Crippen LogP contribution in [0.4, 0.5) is 21.1 Å². The molecular formula is C42H55N7O17S. The molecule has 24 nitrogen and oxygen atoms in total. The van der Waals surface area contributed by atoms with Gasteiger partial charge in [-0.1, -0.05) is 13.0 Å². The summed E-state index contributed by atoms with van der Waals surface area (Å²) < 4.78 is 63.3. The molecule has 2 fully saturated rings. The van der Waals surface area contributed by atoms with Gasteiger partial charge in [-0.05, 0) is 49.3 Å². The van der Waals surface area contributed by atoms with E-state index in [1.54, 1.807) is 26.2 Å². The lowest BCUT2D eigenvalue weighted by Crippen LogP contribution is -2.64. The molecule has 2 amide bonds. The highest BCUT2D eigenvalue weighted by atomic mass is 32.2. The number of rotatable bonds is 17. The van der Waals surface area contributed by atoms with Crippen molar-refractivity contribution in [2.75, 3.05) is 57.7 Å². The summed E-state index contributed by atoms with van der Waals surface area (Å²) in [5, 5.41) is 12.9. The zero-order chi connectivity index (χ0) is 49.3. The Bertz CT molecular complexity index is 2440. The van der Waals surface area contributed by atoms with Crippen molar-refractivity contribution < 1.29 is 75.3 Å². The molecule has 1 aliphatic carbocycles. The van der Waals surface area contributed by atoms with E-state index in [1.807, 2.05) is 7.05 Å². The van der Waals surface area contributed by atoms with Crippen LogP contribution in [0.5, 0.6) is 5.75 Å². The quantitative estimate of drug-likeness (QED) is 0.0813. The number of nitro groups is 1. The fraction of sp³-hybridized carbons (Fsp3) is 0.571. The number of amides is 2. The Hall–Kier alpha value is -6.63. The molecule has 3 aromatic rings. The lowest BCUT2D eigenvalue weighted by atomic mass is 9.86. The van der Waals surface area contributed by atoms with Gasteiger partial charge in [0.2, 0.25) is 12.4 Å². The first-order valence-electron chi connectivity index (χ1n) is 21.2. The summed E-state index contributed by atoms with van der Waals surface area (Å²) >= 11 is 0. The summed E-state index contributed by atoms with van der Waals surface area (Å²) in [5.41, 5.74) is -0.135. The number of benzene rings is 1. The van der Waals surface area contributed by atoms with Crippen LogP contribution in [0.3, 0.4) is 0 Å². The molecule has 0 unspecified atom stereocenters. The molecule has 1 saturated heterocycles. The van der Waals surface area contributed by atoms with Gasteiger partial charge < -0.3 is 47.9 Å². The first-order valence-corrected chi connectivity index (χ1v) is 23.0. The number of hydrogen-bond donors (Lipinski definition) is 0. The highest BCUT2D eigenvalue weighted by molar-refractivity contribution is 7.91. The number of nitro benzene ring substituents is 1. The van der Waals surface area contributed by atoms with Crippen molar-refractivity contribution in [2.45, 2.75) is 96.7 Å². The van der Waals surface area contributed by atoms with Gasteiger partial charge >= 0.3 is 41.7 Å². The van der Waals surface area contributed by atoms with Crippen LogP contribution in [0.2, 0.25) is 0 Å². The molecule has 5 atom stereocenters. The van der Waals surface area contributed by atoms with Crippen LogP contribution in [0.25, 0.3) is 11.0 Å². The Morgan fingerprint density at radius 1 is 0.881 bits per heavy atom. The second-order valence-corrected chi connectivity index (χ2v) is 18.5. The number of sulfone groups is 1. The Morgan fingerprint density at radius 2 is 1.51 bits per heavy atom. The van der Waals surface area contributed by atoms with Gasteiger partial charge in [-0.25, -0.2) is 32.8 Å². The maximum atomic E-state index is 13.6. The Kier molecular flexibility index (Phi) is 17.0. The number of ether oxygens (including phenoxy) is 7. The van der Waals surface area contributed by atoms with E-state index in [1.165, 1.54) is 33.8 Å². The van der Waals surface area contributed by atoms with Crippen molar-refractivity contribution in [3.63, 3.8) is 0 Å². The average Bonchev–Trinajstić information content (AvgIpc) is 3.72. The molecule has 1 saturated carbocycles. The van der Waals surface area contributed by atoms with Gasteiger partial charge in [0.1, 0.15) is 28.6 Å². The van der Waals surface area contributed by atoms with E-state index in [2.05, 4.69) is 14.9 Å². The number of nitrogens with zero attached hydrogens (tertiary/aromatic N) is 7. The summed E-state index contributed by atoms with van der Waals surface area (Å²) in [6.45, 7) is 4.34. The van der Waals surface area contributed by atoms with Crippen LogP contribution in [0.1, 0.15) is 58.9 Å². The molecule has 1 aliphatic heterocycles. The van der Waals surface area contributed by atoms with E-state index in [-0.39, 0.29) is 42.1 Å². The molecule has 5 rings (SSSR count). The topological polar surface area (TPSA) is 285 Å². The maximum Gasteiger partial charge on any atom is 0.409 e. The van der Waals surface area contributed by atoms with Crippen molar-refractivity contribution in [1.29, 1.82) is 0 Å². The Morgan fingerprint density at radius 3 is 2.12 bits per heavy atom. The lowest BCUT2D eigenvalue weighted by Gasteiger charge is -2.42. The minimum Gasteiger partial charge on any atom is -0.467 e. The first-order chi connectivity index (χ1) is 31.6. The average molecular weight is 962 g/mol. The number of fused-ring (bicyclic) bond motifs is 1. The zero-order valence-corrected chi connectivity index (χ0v) is 39.2. The molecule has 0 bridgehead atoms. The molecule has 2 aromatic heterocycles. The largest absolute Gasteiger partial charge is 0.467 e. The number of aromatic nitrogens is 3. The number of carbonyl (C=O) groups excluding carboxylic acids is 6. The summed E-state index contributed by atoms with van der Waals surface area (Å²) in [6, 6.07) is 4.97. The van der Waals surface area contributed by atoms with E-state index in [9.17, 15) is 47.3 Å². The van der Waals surface area contributed by atoms with Crippen molar-refractivity contribution >= 4 is 68.4 Å². The molecular weight excluding hydrogens is 907 g/mol. The van der Waals surface area contributed by atoms with Gasteiger partial charge in [0.25, 0.3) is 0 Å². The SMILES string of the molecule is CCS(=O)(=O)CC1CCC(N(C)c2ncnc3c2ccn3C(=O)N(C)CCN(C)C(=O)OCc2ccc(O[C@@H]3O[C@H](C(=O)OC)[C@@H](OC(C)=O)[C@H](OC(C)=O)[C@H]3OC(C)=O)c([N+](=O)[O-])c2)CC1.